The average Bonchev–Trinajstić information content (AvgIpc) is 2.01. The minimum atomic E-state index is -0.808. The molecule has 0 aliphatic heterocycles. The van der Waals surface area contributed by atoms with Gasteiger partial charge in [0.05, 0.1) is 12.1 Å². The van der Waals surface area contributed by atoms with E-state index in [1.165, 1.54) is 6.07 Å². The molecule has 0 spiro atoms. The summed E-state index contributed by atoms with van der Waals surface area (Å²) in [6.07, 6.45) is 0. The van der Waals surface area contributed by atoms with Gasteiger partial charge in [-0.25, -0.2) is 8.78 Å². The van der Waals surface area contributed by atoms with Crippen LogP contribution in [0.5, 0.6) is 0 Å². The van der Waals surface area contributed by atoms with E-state index in [1.807, 2.05) is 0 Å². The Hall–Kier alpha value is -1.29. The van der Waals surface area contributed by atoms with Crippen molar-refractivity contribution in [2.24, 2.45) is 0 Å². The zero-order valence-electron chi connectivity index (χ0n) is 8.05. The van der Waals surface area contributed by atoms with Crippen LogP contribution in [0.3, 0.4) is 0 Å². The molecule has 0 aliphatic rings. The maximum atomic E-state index is 13.1. The van der Waals surface area contributed by atoms with Crippen LogP contribution in [-0.2, 0) is 0 Å². The number of benzene rings is 1. The highest BCUT2D eigenvalue weighted by molar-refractivity contribution is 5.98. The van der Waals surface area contributed by atoms with Gasteiger partial charge in [-0.05, 0) is 26.2 Å². The summed E-state index contributed by atoms with van der Waals surface area (Å²) in [4.78, 5) is 12.9. The van der Waals surface area contributed by atoms with Gasteiger partial charge in [-0.3, -0.25) is 4.79 Å². The first kappa shape index (κ1) is 10.8. The molecule has 0 aromatic heterocycles. The molecule has 0 saturated heterocycles. The van der Waals surface area contributed by atoms with Gasteiger partial charge in [0, 0.05) is 0 Å². The molecule has 0 heterocycles. The molecule has 1 aromatic carbocycles. The van der Waals surface area contributed by atoms with Crippen LogP contribution >= 0.6 is 0 Å². The van der Waals surface area contributed by atoms with Crippen LogP contribution in [0.25, 0.3) is 0 Å². The SMILES string of the molecule is CN(C)CC(=O)c1c(F)cccc1F. The van der Waals surface area contributed by atoms with Crippen LogP contribution in [0.1, 0.15) is 10.4 Å². The Balaban J connectivity index is 3.00. The second kappa shape index (κ2) is 4.28. The molecular weight excluding hydrogens is 188 g/mol. The van der Waals surface area contributed by atoms with Gasteiger partial charge in [-0.15, -0.1) is 0 Å². The Morgan fingerprint density at radius 2 is 1.79 bits per heavy atom. The van der Waals surface area contributed by atoms with E-state index in [1.54, 1.807) is 19.0 Å². The van der Waals surface area contributed by atoms with Crippen molar-refractivity contribution in [2.75, 3.05) is 20.6 Å². The summed E-state index contributed by atoms with van der Waals surface area (Å²) in [6.45, 7) is -0.00213. The van der Waals surface area contributed by atoms with E-state index >= 15 is 0 Å². The second-order valence-electron chi connectivity index (χ2n) is 3.26. The number of hydrogen-bond donors (Lipinski definition) is 0. The first-order valence-corrected chi connectivity index (χ1v) is 4.14. The molecule has 0 atom stereocenters. The second-order valence-corrected chi connectivity index (χ2v) is 3.26. The van der Waals surface area contributed by atoms with Gasteiger partial charge >= 0.3 is 0 Å². The number of ketones is 1. The molecule has 0 aliphatic carbocycles. The number of nitrogens with zero attached hydrogens (tertiary/aromatic N) is 1. The zero-order valence-corrected chi connectivity index (χ0v) is 8.05. The van der Waals surface area contributed by atoms with Crippen molar-refractivity contribution in [1.82, 2.24) is 4.90 Å². The molecule has 4 heteroatoms. The zero-order chi connectivity index (χ0) is 10.7. The summed E-state index contributed by atoms with van der Waals surface area (Å²) in [5.74, 6) is -2.17. The van der Waals surface area contributed by atoms with Crippen molar-refractivity contribution in [2.45, 2.75) is 0 Å². The Morgan fingerprint density at radius 1 is 1.29 bits per heavy atom. The summed E-state index contributed by atoms with van der Waals surface area (Å²) >= 11 is 0. The van der Waals surface area contributed by atoms with Crippen molar-refractivity contribution in [3.63, 3.8) is 0 Å². The predicted molar refractivity (Wildman–Crippen MR) is 49.2 cm³/mol. The number of halogens is 2. The van der Waals surface area contributed by atoms with Crippen LogP contribution in [0.2, 0.25) is 0 Å². The fraction of sp³-hybridized carbons (Fsp3) is 0.300. The fourth-order valence-electron chi connectivity index (χ4n) is 1.13. The van der Waals surface area contributed by atoms with Crippen LogP contribution in [-0.4, -0.2) is 31.3 Å². The topological polar surface area (TPSA) is 20.3 Å². The lowest BCUT2D eigenvalue weighted by molar-refractivity contribution is 0.0949. The van der Waals surface area contributed by atoms with Gasteiger partial charge < -0.3 is 4.90 Å². The molecule has 0 bridgehead atoms. The predicted octanol–water partition coefficient (Wildman–Crippen LogP) is 1.71. The van der Waals surface area contributed by atoms with E-state index < -0.39 is 23.0 Å². The molecule has 1 rings (SSSR count). The minimum Gasteiger partial charge on any atom is -0.302 e. The third kappa shape index (κ3) is 2.35. The Morgan fingerprint density at radius 3 is 2.21 bits per heavy atom. The van der Waals surface area contributed by atoms with Gasteiger partial charge in [0.1, 0.15) is 11.6 Å². The Bertz CT molecular complexity index is 330. The monoisotopic (exact) mass is 199 g/mol. The lowest BCUT2D eigenvalue weighted by Gasteiger charge is -2.09. The van der Waals surface area contributed by atoms with E-state index in [9.17, 15) is 13.6 Å². The van der Waals surface area contributed by atoms with Crippen molar-refractivity contribution in [1.29, 1.82) is 0 Å². The number of hydrogen-bond acceptors (Lipinski definition) is 2. The van der Waals surface area contributed by atoms with Crippen LogP contribution < -0.4 is 0 Å². The number of carbonyl (C=O) groups is 1. The van der Waals surface area contributed by atoms with Gasteiger partial charge in [0.15, 0.2) is 5.78 Å². The van der Waals surface area contributed by atoms with E-state index in [4.69, 9.17) is 0 Å². The van der Waals surface area contributed by atoms with Gasteiger partial charge in [-0.1, -0.05) is 6.07 Å². The molecule has 76 valence electrons. The summed E-state index contributed by atoms with van der Waals surface area (Å²) in [5.41, 5.74) is -0.457. The molecule has 0 saturated carbocycles. The van der Waals surface area contributed by atoms with E-state index in [2.05, 4.69) is 0 Å². The fourth-order valence-corrected chi connectivity index (χ4v) is 1.13. The first-order chi connectivity index (χ1) is 6.52. The normalized spacial score (nSPS) is 10.6. The molecular formula is C10H11F2NO. The lowest BCUT2D eigenvalue weighted by Crippen LogP contribution is -2.23. The smallest absolute Gasteiger partial charge is 0.182 e. The molecule has 2 nitrogen and oxygen atoms in total. The van der Waals surface area contributed by atoms with Crippen molar-refractivity contribution >= 4 is 5.78 Å². The maximum absolute atomic E-state index is 13.1. The van der Waals surface area contributed by atoms with Crippen molar-refractivity contribution in [3.8, 4) is 0 Å². The lowest BCUT2D eigenvalue weighted by atomic mass is 10.1. The van der Waals surface area contributed by atoms with Gasteiger partial charge in [-0.2, -0.15) is 0 Å². The first-order valence-electron chi connectivity index (χ1n) is 4.14. The highest BCUT2D eigenvalue weighted by Crippen LogP contribution is 2.12. The summed E-state index contributed by atoms with van der Waals surface area (Å²) < 4.78 is 26.1. The van der Waals surface area contributed by atoms with Crippen molar-refractivity contribution < 1.29 is 13.6 Å². The largest absolute Gasteiger partial charge is 0.302 e. The molecule has 0 unspecified atom stereocenters. The van der Waals surface area contributed by atoms with Gasteiger partial charge in [0.25, 0.3) is 0 Å². The number of rotatable bonds is 3. The quantitative estimate of drug-likeness (QED) is 0.691. The van der Waals surface area contributed by atoms with Crippen LogP contribution in [0, 0.1) is 11.6 Å². The molecule has 0 N–H and O–H groups in total. The maximum Gasteiger partial charge on any atom is 0.182 e. The number of Topliss-reactive ketones (excluding diaryl/α,β-unsaturated/α-hetero) is 1. The molecule has 1 aromatic rings. The van der Waals surface area contributed by atoms with E-state index in [0.29, 0.717) is 0 Å². The van der Waals surface area contributed by atoms with Gasteiger partial charge in [0.2, 0.25) is 0 Å². The summed E-state index contributed by atoms with van der Waals surface area (Å²) in [5, 5.41) is 0. The van der Waals surface area contributed by atoms with E-state index in [-0.39, 0.29) is 6.54 Å². The summed E-state index contributed by atoms with van der Waals surface area (Å²) in [7, 11) is 3.33. The van der Waals surface area contributed by atoms with E-state index in [0.717, 1.165) is 12.1 Å². The van der Waals surface area contributed by atoms with Crippen LogP contribution in [0.15, 0.2) is 18.2 Å². The third-order valence-corrected chi connectivity index (χ3v) is 1.70. The molecule has 0 amide bonds. The average molecular weight is 199 g/mol. The highest BCUT2D eigenvalue weighted by atomic mass is 19.1. The number of likely N-dealkylation sites (N-methyl/N-ethyl adjacent to an activating group) is 1. The van der Waals surface area contributed by atoms with Crippen LogP contribution in [0.4, 0.5) is 8.78 Å². The standard InChI is InChI=1S/C10H11F2NO/c1-13(2)6-9(14)10-7(11)4-3-5-8(10)12/h3-5H,6H2,1-2H3. The number of carbonyl (C=O) groups excluding carboxylic acids is 1. The Kier molecular flexibility index (Phi) is 3.30. The molecule has 0 radical (unpaired) electrons. The highest BCUT2D eigenvalue weighted by Gasteiger charge is 2.16. The minimum absolute atomic E-state index is 0.00213. The molecule has 14 heavy (non-hydrogen) atoms. The third-order valence-electron chi connectivity index (χ3n) is 1.70. The molecule has 0 fully saturated rings. The van der Waals surface area contributed by atoms with Crippen molar-refractivity contribution in [3.05, 3.63) is 35.4 Å². The summed E-state index contributed by atoms with van der Waals surface area (Å²) in [6, 6.07) is 3.38. The Labute approximate surface area is 81.1 Å².